The van der Waals surface area contributed by atoms with E-state index < -0.39 is 12.2 Å². The van der Waals surface area contributed by atoms with E-state index >= 15 is 0 Å². The van der Waals surface area contributed by atoms with Gasteiger partial charge >= 0.3 is 6.09 Å². The molecule has 2 heterocycles. The second kappa shape index (κ2) is 6.78. The van der Waals surface area contributed by atoms with Crippen LogP contribution in [0.3, 0.4) is 0 Å². The maximum atomic E-state index is 10.9. The summed E-state index contributed by atoms with van der Waals surface area (Å²) < 4.78 is 1.78. The highest BCUT2D eigenvalue weighted by Gasteiger charge is 2.32. The van der Waals surface area contributed by atoms with Gasteiger partial charge in [-0.15, -0.1) is 5.10 Å². The Hall–Kier alpha value is -2.41. The third-order valence-electron chi connectivity index (χ3n) is 4.26. The van der Waals surface area contributed by atoms with Crippen LogP contribution in [0.1, 0.15) is 23.6 Å². The minimum atomic E-state index is -0.992. The van der Waals surface area contributed by atoms with E-state index in [4.69, 9.17) is 5.11 Å². The Bertz CT molecular complexity index is 658. The molecule has 1 aliphatic heterocycles. The molecule has 1 aromatic heterocycles. The van der Waals surface area contributed by atoms with Crippen LogP contribution in [0.5, 0.6) is 0 Å². The number of carbonyl (C=O) groups is 1. The Morgan fingerprint density at radius 2 is 2.09 bits per heavy atom. The fourth-order valence-corrected chi connectivity index (χ4v) is 2.93. The van der Waals surface area contributed by atoms with Gasteiger partial charge in [0.25, 0.3) is 0 Å². The molecule has 0 unspecified atom stereocenters. The van der Waals surface area contributed by atoms with Gasteiger partial charge in [-0.2, -0.15) is 0 Å². The van der Waals surface area contributed by atoms with Crippen LogP contribution in [0.25, 0.3) is 0 Å². The van der Waals surface area contributed by atoms with Gasteiger partial charge in [0.2, 0.25) is 0 Å². The lowest BCUT2D eigenvalue weighted by Gasteiger charge is -2.33. The number of rotatable bonds is 4. The number of likely N-dealkylation sites (tertiary alicyclic amines) is 1. The van der Waals surface area contributed by atoms with Gasteiger partial charge in [-0.1, -0.05) is 35.5 Å². The van der Waals surface area contributed by atoms with E-state index in [1.54, 1.807) is 4.68 Å². The summed E-state index contributed by atoms with van der Waals surface area (Å²) in [5.74, 6) is -0.156. The fourth-order valence-electron chi connectivity index (χ4n) is 2.93. The molecule has 1 fully saturated rings. The van der Waals surface area contributed by atoms with Crippen molar-refractivity contribution in [2.75, 3.05) is 13.1 Å². The number of piperidine rings is 1. The molecule has 3 rings (SSSR count). The van der Waals surface area contributed by atoms with E-state index in [-0.39, 0.29) is 12.5 Å². The molecule has 1 saturated heterocycles. The summed E-state index contributed by atoms with van der Waals surface area (Å²) in [6.45, 7) is 1.26. The lowest BCUT2D eigenvalue weighted by atomic mass is 9.91. The standard InChI is InChI=1S/C16H20N4O3/c21-15-11-19(16(22)23)8-7-13(15)14-10-20(18-17-14)9-6-12-4-2-1-3-5-12/h1-5,10,13,15,21H,6-9,11H2,(H,22,23)/t13-,15+/m0/s1. The van der Waals surface area contributed by atoms with E-state index in [1.807, 2.05) is 24.4 Å². The van der Waals surface area contributed by atoms with Crippen LogP contribution in [-0.4, -0.2) is 55.4 Å². The quantitative estimate of drug-likeness (QED) is 0.888. The molecule has 7 heteroatoms. The number of carboxylic acid groups (broad SMARTS) is 1. The van der Waals surface area contributed by atoms with Crippen molar-refractivity contribution in [2.45, 2.75) is 31.4 Å². The van der Waals surface area contributed by atoms with Crippen LogP contribution < -0.4 is 0 Å². The maximum absolute atomic E-state index is 10.9. The summed E-state index contributed by atoms with van der Waals surface area (Å²) in [4.78, 5) is 12.2. The molecule has 122 valence electrons. The van der Waals surface area contributed by atoms with Gasteiger partial charge in [-0.05, 0) is 18.4 Å². The summed E-state index contributed by atoms with van der Waals surface area (Å²) in [6.07, 6.45) is 1.55. The fraction of sp³-hybridized carbons (Fsp3) is 0.438. The van der Waals surface area contributed by atoms with Crippen molar-refractivity contribution in [3.63, 3.8) is 0 Å². The highest BCUT2D eigenvalue weighted by atomic mass is 16.4. The zero-order valence-corrected chi connectivity index (χ0v) is 12.7. The van der Waals surface area contributed by atoms with E-state index in [9.17, 15) is 9.90 Å². The lowest BCUT2D eigenvalue weighted by molar-refractivity contribution is 0.0493. The Kier molecular flexibility index (Phi) is 4.57. The Balaban J connectivity index is 1.60. The normalized spacial score (nSPS) is 21.3. The summed E-state index contributed by atoms with van der Waals surface area (Å²) in [6, 6.07) is 10.2. The summed E-state index contributed by atoms with van der Waals surface area (Å²) in [5.41, 5.74) is 1.97. The maximum Gasteiger partial charge on any atom is 0.407 e. The molecular weight excluding hydrogens is 296 g/mol. The predicted octanol–water partition coefficient (Wildman–Crippen LogP) is 1.35. The first-order chi connectivity index (χ1) is 11.1. The second-order valence-electron chi connectivity index (χ2n) is 5.83. The predicted molar refractivity (Wildman–Crippen MR) is 83.1 cm³/mol. The first-order valence-electron chi connectivity index (χ1n) is 7.73. The topological polar surface area (TPSA) is 91.5 Å². The lowest BCUT2D eigenvalue weighted by Crippen LogP contribution is -2.45. The Morgan fingerprint density at radius 1 is 1.30 bits per heavy atom. The number of aliphatic hydroxyl groups is 1. The van der Waals surface area contributed by atoms with Gasteiger partial charge in [0.15, 0.2) is 0 Å². The number of aromatic nitrogens is 3. The number of hydrogen-bond donors (Lipinski definition) is 2. The average molecular weight is 316 g/mol. The molecule has 1 aliphatic rings. The van der Waals surface area contributed by atoms with Gasteiger partial charge in [0.1, 0.15) is 0 Å². The van der Waals surface area contributed by atoms with E-state index in [0.717, 1.165) is 18.7 Å². The number of β-amino-alcohol motifs (C(OH)–C–C–N with tert-alkyl or cyclic N) is 1. The highest BCUT2D eigenvalue weighted by Crippen LogP contribution is 2.26. The van der Waals surface area contributed by atoms with Crippen molar-refractivity contribution < 1.29 is 15.0 Å². The first kappa shape index (κ1) is 15.5. The Labute approximate surface area is 134 Å². The molecular formula is C16H20N4O3. The molecule has 2 N–H and O–H groups in total. The third-order valence-corrected chi connectivity index (χ3v) is 4.26. The zero-order valence-electron chi connectivity index (χ0n) is 12.7. The largest absolute Gasteiger partial charge is 0.465 e. The molecule has 0 saturated carbocycles. The molecule has 0 radical (unpaired) electrons. The van der Waals surface area contributed by atoms with Crippen molar-refractivity contribution in [1.82, 2.24) is 19.9 Å². The van der Waals surface area contributed by atoms with E-state index in [1.165, 1.54) is 10.5 Å². The molecule has 7 nitrogen and oxygen atoms in total. The number of aliphatic hydroxyl groups excluding tert-OH is 1. The number of nitrogens with zero attached hydrogens (tertiary/aromatic N) is 4. The van der Waals surface area contributed by atoms with Gasteiger partial charge in [-0.25, -0.2) is 4.79 Å². The van der Waals surface area contributed by atoms with Gasteiger partial charge in [-0.3, -0.25) is 4.68 Å². The van der Waals surface area contributed by atoms with Crippen LogP contribution in [-0.2, 0) is 13.0 Å². The van der Waals surface area contributed by atoms with Crippen molar-refractivity contribution in [3.8, 4) is 0 Å². The van der Waals surface area contributed by atoms with Gasteiger partial charge in [0, 0.05) is 25.2 Å². The highest BCUT2D eigenvalue weighted by molar-refractivity contribution is 5.65. The third kappa shape index (κ3) is 3.68. The minimum Gasteiger partial charge on any atom is -0.465 e. The van der Waals surface area contributed by atoms with Crippen molar-refractivity contribution in [2.24, 2.45) is 0 Å². The number of aryl methyl sites for hydroxylation is 2. The Morgan fingerprint density at radius 3 is 2.78 bits per heavy atom. The molecule has 1 aromatic carbocycles. The molecule has 1 amide bonds. The van der Waals surface area contributed by atoms with Crippen molar-refractivity contribution >= 4 is 6.09 Å². The summed E-state index contributed by atoms with van der Waals surface area (Å²) in [7, 11) is 0. The second-order valence-corrected chi connectivity index (χ2v) is 5.83. The van der Waals surface area contributed by atoms with Crippen LogP contribution >= 0.6 is 0 Å². The van der Waals surface area contributed by atoms with E-state index in [2.05, 4.69) is 22.4 Å². The first-order valence-corrected chi connectivity index (χ1v) is 7.73. The summed E-state index contributed by atoms with van der Waals surface area (Å²) in [5, 5.41) is 27.4. The number of hydrogen-bond acceptors (Lipinski definition) is 4. The van der Waals surface area contributed by atoms with Crippen LogP contribution in [0.4, 0.5) is 4.79 Å². The average Bonchev–Trinajstić information content (AvgIpc) is 3.02. The molecule has 0 bridgehead atoms. The molecule has 2 aromatic rings. The monoisotopic (exact) mass is 316 g/mol. The number of amides is 1. The molecule has 0 spiro atoms. The SMILES string of the molecule is O=C(O)N1CC[C@@H](c2cn(CCc3ccccc3)nn2)[C@H](O)C1. The smallest absolute Gasteiger partial charge is 0.407 e. The van der Waals surface area contributed by atoms with Gasteiger partial charge < -0.3 is 15.1 Å². The molecule has 2 atom stereocenters. The summed E-state index contributed by atoms with van der Waals surface area (Å²) >= 11 is 0. The van der Waals surface area contributed by atoms with Crippen LogP contribution in [0.2, 0.25) is 0 Å². The molecule has 23 heavy (non-hydrogen) atoms. The van der Waals surface area contributed by atoms with Crippen molar-refractivity contribution in [1.29, 1.82) is 0 Å². The number of benzene rings is 1. The van der Waals surface area contributed by atoms with Crippen LogP contribution in [0.15, 0.2) is 36.5 Å². The zero-order chi connectivity index (χ0) is 16.2. The van der Waals surface area contributed by atoms with E-state index in [0.29, 0.717) is 13.0 Å². The van der Waals surface area contributed by atoms with Gasteiger partial charge in [0.05, 0.1) is 18.3 Å². The molecule has 0 aliphatic carbocycles. The van der Waals surface area contributed by atoms with Crippen molar-refractivity contribution in [3.05, 3.63) is 47.8 Å². The van der Waals surface area contributed by atoms with Crippen LogP contribution in [0, 0.1) is 0 Å². The minimum absolute atomic E-state index is 0.122.